The Morgan fingerprint density at radius 1 is 1.21 bits per heavy atom. The molecule has 1 aliphatic heterocycles. The van der Waals surface area contributed by atoms with E-state index < -0.39 is 0 Å². The molecule has 1 atom stereocenters. The van der Waals surface area contributed by atoms with Crippen LogP contribution in [0.4, 0.5) is 0 Å². The molecular formula is C21H23Cl2N3O2. The number of amides is 1. The summed E-state index contributed by atoms with van der Waals surface area (Å²) in [5, 5.41) is 3.67. The number of carbonyl (C=O) groups is 1. The first-order valence-electron chi connectivity index (χ1n) is 9.63. The van der Waals surface area contributed by atoms with Gasteiger partial charge in [0.15, 0.2) is 0 Å². The second kappa shape index (κ2) is 8.78. The van der Waals surface area contributed by atoms with Crippen molar-refractivity contribution in [3.05, 3.63) is 63.4 Å². The first kappa shape index (κ1) is 19.6. The van der Waals surface area contributed by atoms with Crippen LogP contribution >= 0.6 is 23.2 Å². The maximum Gasteiger partial charge on any atom is 0.252 e. The predicted octanol–water partition coefficient (Wildman–Crippen LogP) is 4.07. The Labute approximate surface area is 175 Å². The highest BCUT2D eigenvalue weighted by Gasteiger charge is 2.27. The summed E-state index contributed by atoms with van der Waals surface area (Å²) in [5.41, 5.74) is 2.65. The number of nitrogens with zero attached hydrogens (tertiary/aromatic N) is 2. The molecule has 7 heteroatoms. The number of halogens is 2. The second-order valence-corrected chi connectivity index (χ2v) is 8.05. The number of morpholine rings is 1. The van der Waals surface area contributed by atoms with Gasteiger partial charge in [-0.3, -0.25) is 14.7 Å². The summed E-state index contributed by atoms with van der Waals surface area (Å²) in [4.78, 5) is 19.7. The fourth-order valence-electron chi connectivity index (χ4n) is 3.55. The van der Waals surface area contributed by atoms with Crippen molar-refractivity contribution in [1.29, 1.82) is 0 Å². The van der Waals surface area contributed by atoms with Gasteiger partial charge in [0, 0.05) is 37.4 Å². The van der Waals surface area contributed by atoms with Crippen LogP contribution in [0.25, 0.3) is 0 Å². The molecule has 1 saturated heterocycles. The van der Waals surface area contributed by atoms with Gasteiger partial charge in [0.1, 0.15) is 0 Å². The largest absolute Gasteiger partial charge is 0.379 e. The van der Waals surface area contributed by atoms with E-state index >= 15 is 0 Å². The van der Waals surface area contributed by atoms with E-state index in [9.17, 15) is 4.79 Å². The predicted molar refractivity (Wildman–Crippen MR) is 110 cm³/mol. The number of nitrogens with one attached hydrogen (secondary N) is 1. The average Bonchev–Trinajstić information content (AvgIpc) is 3.57. The lowest BCUT2D eigenvalue weighted by molar-refractivity contribution is 0.0161. The molecule has 0 bridgehead atoms. The van der Waals surface area contributed by atoms with Gasteiger partial charge < -0.3 is 10.1 Å². The number of ether oxygens (including phenoxy) is 1. The third-order valence-electron chi connectivity index (χ3n) is 5.33. The van der Waals surface area contributed by atoms with Crippen molar-refractivity contribution in [2.45, 2.75) is 24.8 Å². The molecule has 4 rings (SSSR count). The van der Waals surface area contributed by atoms with Crippen LogP contribution in [0.1, 0.15) is 46.4 Å². The Hall–Kier alpha value is -1.66. The van der Waals surface area contributed by atoms with E-state index in [0.29, 0.717) is 36.3 Å². The number of pyridine rings is 1. The summed E-state index contributed by atoms with van der Waals surface area (Å²) in [5.74, 6) is 0.397. The summed E-state index contributed by atoms with van der Waals surface area (Å²) in [6.45, 7) is 3.49. The Balaban J connectivity index is 1.50. The van der Waals surface area contributed by atoms with Crippen molar-refractivity contribution >= 4 is 29.1 Å². The van der Waals surface area contributed by atoms with Gasteiger partial charge in [-0.25, -0.2) is 0 Å². The lowest BCUT2D eigenvalue weighted by atomic mass is 10.1. The fourth-order valence-corrected chi connectivity index (χ4v) is 3.93. The molecular weight excluding hydrogens is 397 g/mol. The lowest BCUT2D eigenvalue weighted by Gasteiger charge is -2.34. The fraction of sp³-hybridized carbons (Fsp3) is 0.429. The van der Waals surface area contributed by atoms with Crippen LogP contribution in [-0.2, 0) is 4.74 Å². The first-order chi connectivity index (χ1) is 13.6. The molecule has 2 fully saturated rings. The van der Waals surface area contributed by atoms with Crippen LogP contribution < -0.4 is 5.32 Å². The van der Waals surface area contributed by atoms with Crippen LogP contribution in [0.15, 0.2) is 36.5 Å². The molecule has 1 amide bonds. The minimum atomic E-state index is -0.228. The molecule has 1 saturated carbocycles. The molecule has 2 aliphatic rings. The summed E-state index contributed by atoms with van der Waals surface area (Å²) < 4.78 is 5.49. The minimum absolute atomic E-state index is 0.0339. The molecule has 0 spiro atoms. The van der Waals surface area contributed by atoms with Crippen molar-refractivity contribution in [2.75, 3.05) is 32.8 Å². The Kier molecular flexibility index (Phi) is 6.16. The molecule has 1 aromatic heterocycles. The average molecular weight is 420 g/mol. The molecule has 1 N–H and O–H groups in total. The monoisotopic (exact) mass is 419 g/mol. The molecule has 1 aliphatic carbocycles. The Morgan fingerprint density at radius 3 is 2.68 bits per heavy atom. The van der Waals surface area contributed by atoms with E-state index in [1.165, 1.54) is 18.5 Å². The number of hydrogen-bond donors (Lipinski definition) is 1. The van der Waals surface area contributed by atoms with Gasteiger partial charge in [-0.2, -0.15) is 0 Å². The zero-order valence-corrected chi connectivity index (χ0v) is 17.0. The van der Waals surface area contributed by atoms with Gasteiger partial charge in [-0.1, -0.05) is 35.3 Å². The molecule has 2 aromatic rings. The van der Waals surface area contributed by atoms with E-state index in [4.69, 9.17) is 27.9 Å². The summed E-state index contributed by atoms with van der Waals surface area (Å²) in [6.07, 6.45) is 4.41. The van der Waals surface area contributed by atoms with Gasteiger partial charge >= 0.3 is 0 Å². The van der Waals surface area contributed by atoms with E-state index in [1.54, 1.807) is 18.2 Å². The molecule has 1 aromatic carbocycles. The van der Waals surface area contributed by atoms with Gasteiger partial charge in [0.05, 0.1) is 34.9 Å². The third-order valence-corrected chi connectivity index (χ3v) is 6.15. The van der Waals surface area contributed by atoms with Gasteiger partial charge in [0.25, 0.3) is 5.91 Å². The highest BCUT2D eigenvalue weighted by Crippen LogP contribution is 2.39. The summed E-state index contributed by atoms with van der Waals surface area (Å²) in [7, 11) is 0. The first-order valence-corrected chi connectivity index (χ1v) is 10.4. The van der Waals surface area contributed by atoms with Crippen LogP contribution in [-0.4, -0.2) is 48.6 Å². The van der Waals surface area contributed by atoms with Crippen LogP contribution in [0, 0.1) is 0 Å². The number of rotatable bonds is 6. The molecule has 0 radical (unpaired) electrons. The third kappa shape index (κ3) is 4.49. The zero-order chi connectivity index (χ0) is 19.5. The van der Waals surface area contributed by atoms with Crippen LogP contribution in [0.3, 0.4) is 0 Å². The smallest absolute Gasteiger partial charge is 0.252 e. The molecule has 148 valence electrons. The standard InChI is InChI=1S/C21H23Cl2N3O2/c22-17-3-1-2-16(20(17)23)21(27)25-13-19(26-8-10-28-11-9-26)15-6-7-18(24-12-15)14-4-5-14/h1-3,6-7,12,14,19H,4-5,8-11,13H2,(H,25,27). The maximum atomic E-state index is 12.7. The minimum Gasteiger partial charge on any atom is -0.379 e. The van der Waals surface area contributed by atoms with E-state index in [1.807, 2.05) is 6.20 Å². The van der Waals surface area contributed by atoms with Crippen molar-refractivity contribution in [2.24, 2.45) is 0 Å². The second-order valence-electron chi connectivity index (χ2n) is 7.27. The van der Waals surface area contributed by atoms with Crippen molar-refractivity contribution in [3.63, 3.8) is 0 Å². The normalized spacial score (nSPS) is 18.6. The molecule has 2 heterocycles. The quantitative estimate of drug-likeness (QED) is 0.766. The summed E-state index contributed by atoms with van der Waals surface area (Å²) in [6, 6.07) is 9.37. The Bertz CT molecular complexity index is 834. The number of benzene rings is 1. The van der Waals surface area contributed by atoms with Crippen LogP contribution in [0.2, 0.25) is 10.0 Å². The van der Waals surface area contributed by atoms with Crippen LogP contribution in [0.5, 0.6) is 0 Å². The van der Waals surface area contributed by atoms with Gasteiger partial charge in [0.2, 0.25) is 0 Å². The van der Waals surface area contributed by atoms with Gasteiger partial charge in [-0.15, -0.1) is 0 Å². The maximum absolute atomic E-state index is 12.7. The van der Waals surface area contributed by atoms with E-state index in [-0.39, 0.29) is 17.0 Å². The topological polar surface area (TPSA) is 54.5 Å². The van der Waals surface area contributed by atoms with Crippen molar-refractivity contribution in [1.82, 2.24) is 15.2 Å². The summed E-state index contributed by atoms with van der Waals surface area (Å²) >= 11 is 12.2. The van der Waals surface area contributed by atoms with Crippen molar-refractivity contribution < 1.29 is 9.53 Å². The molecule has 1 unspecified atom stereocenters. The number of carbonyl (C=O) groups excluding carboxylic acids is 1. The highest BCUT2D eigenvalue weighted by molar-refractivity contribution is 6.43. The highest BCUT2D eigenvalue weighted by atomic mass is 35.5. The molecule has 28 heavy (non-hydrogen) atoms. The van der Waals surface area contributed by atoms with E-state index in [0.717, 1.165) is 18.7 Å². The molecule has 5 nitrogen and oxygen atoms in total. The number of hydrogen-bond acceptors (Lipinski definition) is 4. The van der Waals surface area contributed by atoms with Gasteiger partial charge in [-0.05, 0) is 36.6 Å². The van der Waals surface area contributed by atoms with Crippen molar-refractivity contribution in [3.8, 4) is 0 Å². The number of aromatic nitrogens is 1. The Morgan fingerprint density at radius 2 is 2.00 bits per heavy atom. The van der Waals surface area contributed by atoms with E-state index in [2.05, 4.69) is 27.3 Å². The SMILES string of the molecule is O=C(NCC(c1ccc(C2CC2)nc1)N1CCOCC1)c1cccc(Cl)c1Cl. The lowest BCUT2D eigenvalue weighted by Crippen LogP contribution is -2.43. The zero-order valence-electron chi connectivity index (χ0n) is 15.5.